The molecule has 3 atom stereocenters. The van der Waals surface area contributed by atoms with Gasteiger partial charge in [0, 0.05) is 75.3 Å². The smallest absolute Gasteiger partial charge is 0.410 e. The third-order valence-corrected chi connectivity index (χ3v) is 15.6. The number of benzene rings is 2. The lowest BCUT2D eigenvalue weighted by Crippen LogP contribution is -2.57. The predicted octanol–water partition coefficient (Wildman–Crippen LogP) is 8.87. The van der Waals surface area contributed by atoms with Crippen LogP contribution < -0.4 is 9.80 Å². The number of nitrogens with zero attached hydrogens (tertiary/aromatic N) is 13. The molecule has 0 radical (unpaired) electrons. The fourth-order valence-electron chi connectivity index (χ4n) is 10.4. The van der Waals surface area contributed by atoms with Gasteiger partial charge >= 0.3 is 24.4 Å². The number of fused-ring (bicyclic) bond motifs is 2. The van der Waals surface area contributed by atoms with Gasteiger partial charge < -0.3 is 53.1 Å². The number of piperazine rings is 2. The van der Waals surface area contributed by atoms with Crippen LogP contribution in [0.5, 0.6) is 0 Å². The van der Waals surface area contributed by atoms with Crippen LogP contribution in [0.3, 0.4) is 0 Å². The highest BCUT2D eigenvalue weighted by Crippen LogP contribution is 2.34. The lowest BCUT2D eigenvalue weighted by Gasteiger charge is -2.40. The van der Waals surface area contributed by atoms with E-state index in [-0.39, 0.29) is 56.3 Å². The van der Waals surface area contributed by atoms with E-state index in [1.807, 2.05) is 107 Å². The van der Waals surface area contributed by atoms with Crippen LogP contribution in [0.25, 0.3) is 9.69 Å². The van der Waals surface area contributed by atoms with E-state index in [1.165, 1.54) is 6.42 Å². The molecule has 0 aliphatic carbocycles. The van der Waals surface area contributed by atoms with Gasteiger partial charge in [0.15, 0.2) is 5.16 Å². The van der Waals surface area contributed by atoms with Crippen molar-refractivity contribution in [3.63, 3.8) is 0 Å². The Hall–Kier alpha value is -7.14. The Bertz CT molecular complexity index is 2940. The van der Waals surface area contributed by atoms with Crippen LogP contribution in [0, 0.1) is 13.1 Å². The zero-order valence-corrected chi connectivity index (χ0v) is 49.1. The number of likely N-dealkylation sites (tertiary alicyclic amines) is 1. The summed E-state index contributed by atoms with van der Waals surface area (Å²) in [6, 6.07) is 18.9. The first-order valence-electron chi connectivity index (χ1n) is 27.6. The molecule has 9 rings (SSSR count). The maximum absolute atomic E-state index is 13.1. The third kappa shape index (κ3) is 16.3. The number of rotatable bonds is 11. The Morgan fingerprint density at radius 3 is 1.53 bits per heavy atom. The second-order valence-corrected chi connectivity index (χ2v) is 24.1. The van der Waals surface area contributed by atoms with E-state index < -0.39 is 29.5 Å². The van der Waals surface area contributed by atoms with Gasteiger partial charge in [0.05, 0.1) is 24.5 Å². The van der Waals surface area contributed by atoms with Crippen molar-refractivity contribution in [2.45, 2.75) is 128 Å². The highest BCUT2D eigenvalue weighted by molar-refractivity contribution is 7.99. The number of ether oxygens (including phenoxy) is 4. The van der Waals surface area contributed by atoms with Crippen molar-refractivity contribution in [3.05, 3.63) is 122 Å². The lowest BCUT2D eigenvalue weighted by molar-refractivity contribution is 0.0210. The van der Waals surface area contributed by atoms with E-state index in [9.17, 15) is 19.2 Å². The normalized spacial score (nSPS) is 19.3. The Labute approximate surface area is 484 Å². The molecular formula is C58H74ClN13O8S. The van der Waals surface area contributed by atoms with E-state index in [0.29, 0.717) is 94.5 Å². The Balaban J connectivity index is 0.000000216. The second-order valence-electron chi connectivity index (χ2n) is 22.7. The Morgan fingerprint density at radius 2 is 1.09 bits per heavy atom. The van der Waals surface area contributed by atoms with E-state index in [1.54, 1.807) is 31.4 Å². The summed E-state index contributed by atoms with van der Waals surface area (Å²) < 4.78 is 22.3. The molecule has 23 heteroatoms. The number of hydrogen-bond donors (Lipinski definition) is 0. The molecule has 7 heterocycles. The van der Waals surface area contributed by atoms with E-state index in [4.69, 9.17) is 53.7 Å². The van der Waals surface area contributed by atoms with E-state index >= 15 is 0 Å². The van der Waals surface area contributed by atoms with Gasteiger partial charge in [-0.1, -0.05) is 72.4 Å². The minimum absolute atomic E-state index is 0.0891. The summed E-state index contributed by atoms with van der Waals surface area (Å²) in [5, 5.41) is 0.780. The summed E-state index contributed by atoms with van der Waals surface area (Å²) in [6.45, 7) is 32.2. The van der Waals surface area contributed by atoms with Crippen LogP contribution in [-0.4, -0.2) is 183 Å². The number of halogens is 1. The summed E-state index contributed by atoms with van der Waals surface area (Å²) in [4.78, 5) is 91.0. The van der Waals surface area contributed by atoms with Crippen molar-refractivity contribution in [1.29, 1.82) is 0 Å². The zero-order valence-electron chi connectivity index (χ0n) is 47.5. The molecule has 3 fully saturated rings. The fraction of sp³-hybridized carbons (Fsp3) is 0.552. The van der Waals surface area contributed by atoms with Crippen LogP contribution in [0.2, 0.25) is 5.28 Å². The minimum atomic E-state index is -0.592. The van der Waals surface area contributed by atoms with Gasteiger partial charge in [-0.2, -0.15) is 0 Å². The number of aromatic nitrogens is 4. The van der Waals surface area contributed by atoms with Gasteiger partial charge in [-0.15, -0.1) is 0 Å². The van der Waals surface area contributed by atoms with Crippen molar-refractivity contribution in [2.24, 2.45) is 0 Å². The number of thioether (sulfide) groups is 1. The van der Waals surface area contributed by atoms with Crippen LogP contribution in [0.15, 0.2) is 65.8 Å². The van der Waals surface area contributed by atoms with Gasteiger partial charge in [-0.25, -0.2) is 52.3 Å². The highest BCUT2D eigenvalue weighted by Gasteiger charge is 2.39. The average molecular weight is 1150 g/mol. The molecule has 21 nitrogen and oxygen atoms in total. The molecule has 3 saturated heterocycles. The molecular weight excluding hydrogens is 1070 g/mol. The molecule has 2 aromatic heterocycles. The van der Waals surface area contributed by atoms with E-state index in [2.05, 4.69) is 36.5 Å². The molecule has 81 heavy (non-hydrogen) atoms. The SMILES string of the molecule is [C-]#[N+]C[C@H]1CN(c2nc(Cl)nc3c2CCN(C(=O)OC(C)(C)C)C3)CCN1C(=O)OCc1ccccc1.[C-]#[N+]C[C@H]1CN(c2nc(SC[C@@H]3CCCN3C)nc3c2CCN(C(=O)OC(C)(C)C)C3)CCN1C(=O)OCc1ccccc1. The number of hydrogen-bond acceptors (Lipinski definition) is 16. The highest BCUT2D eigenvalue weighted by atomic mass is 35.5. The summed E-state index contributed by atoms with van der Waals surface area (Å²) in [5.41, 5.74) is 4.11. The molecule has 4 aromatic rings. The molecule has 0 unspecified atom stereocenters. The molecule has 0 saturated carbocycles. The fourth-order valence-corrected chi connectivity index (χ4v) is 11.7. The quantitative estimate of drug-likeness (QED) is 0.0599. The van der Waals surface area contributed by atoms with Gasteiger partial charge in [-0.05, 0) is 104 Å². The van der Waals surface area contributed by atoms with E-state index in [0.717, 1.165) is 52.5 Å². The maximum atomic E-state index is 13.1. The topological polar surface area (TPSA) is 188 Å². The van der Waals surface area contributed by atoms with Crippen molar-refractivity contribution in [3.8, 4) is 0 Å². The van der Waals surface area contributed by atoms with Crippen molar-refractivity contribution >= 4 is 59.4 Å². The van der Waals surface area contributed by atoms with Gasteiger partial charge in [0.25, 0.3) is 0 Å². The largest absolute Gasteiger partial charge is 0.445 e. The zero-order chi connectivity index (χ0) is 57.8. The van der Waals surface area contributed by atoms with Crippen molar-refractivity contribution in [2.75, 3.05) is 94.6 Å². The van der Waals surface area contributed by atoms with Crippen LogP contribution in [-0.2, 0) is 58.1 Å². The molecule has 432 valence electrons. The predicted molar refractivity (Wildman–Crippen MR) is 308 cm³/mol. The number of carbonyl (C=O) groups is 4. The molecule has 5 aliphatic rings. The van der Waals surface area contributed by atoms with Crippen LogP contribution in [0.4, 0.5) is 30.8 Å². The van der Waals surface area contributed by atoms with Gasteiger partial charge in [0.2, 0.25) is 18.4 Å². The minimum Gasteiger partial charge on any atom is -0.445 e. The average Bonchev–Trinajstić information content (AvgIpc) is 4.04. The lowest BCUT2D eigenvalue weighted by atomic mass is 10.0. The molecule has 0 spiro atoms. The molecule has 2 aromatic carbocycles. The monoisotopic (exact) mass is 1150 g/mol. The third-order valence-electron chi connectivity index (χ3n) is 14.5. The Morgan fingerprint density at radius 1 is 0.617 bits per heavy atom. The first-order chi connectivity index (χ1) is 38.7. The number of anilines is 2. The molecule has 0 bridgehead atoms. The first kappa shape index (κ1) is 60.0. The summed E-state index contributed by atoms with van der Waals surface area (Å²) in [5.74, 6) is 2.42. The van der Waals surface area contributed by atoms with Gasteiger partial charge in [0.1, 0.15) is 48.1 Å². The molecule has 4 amide bonds. The van der Waals surface area contributed by atoms with Crippen LogP contribution in [0.1, 0.15) is 88.0 Å². The second kappa shape index (κ2) is 27.1. The number of amides is 4. The summed E-state index contributed by atoms with van der Waals surface area (Å²) in [6.07, 6.45) is 1.93. The standard InChI is InChI=1S/C32H43N7O4S.C26H31ClN6O4/c1-32(2,3)43-30(40)38-15-13-26-27(20-38)34-29(44-22-24-12-9-14-36(24)5)35-28(26)37-16-17-39(25(19-37)18-33-4)31(41)42-21-23-10-7-6-8-11-23;1-26(2,3)37-24(34)32-11-10-20-21(16-32)29-23(27)30-22(20)31-12-13-33(19(15-31)14-28-4)25(35)36-17-18-8-6-5-7-9-18/h6-8,10-11,24-25H,9,12-22H2,1-3,5H3;5-9,19H,10-17H2,1-3H3/t24-,25-;19-/m00/s1. The molecule has 5 aliphatic heterocycles. The van der Waals surface area contributed by atoms with Gasteiger partial charge in [-0.3, -0.25) is 9.80 Å². The van der Waals surface area contributed by atoms with Crippen LogP contribution >= 0.6 is 23.4 Å². The summed E-state index contributed by atoms with van der Waals surface area (Å²) in [7, 11) is 2.16. The Kier molecular flexibility index (Phi) is 20.1. The maximum Gasteiger partial charge on any atom is 0.410 e. The number of carbonyl (C=O) groups excluding carboxylic acids is 4. The molecule has 0 N–H and O–H groups in total. The summed E-state index contributed by atoms with van der Waals surface area (Å²) >= 11 is 7.95. The van der Waals surface area contributed by atoms with Crippen molar-refractivity contribution in [1.82, 2.24) is 44.4 Å². The van der Waals surface area contributed by atoms with Crippen molar-refractivity contribution < 1.29 is 38.1 Å². The first-order valence-corrected chi connectivity index (χ1v) is 29.0.